The van der Waals surface area contributed by atoms with E-state index in [1.54, 1.807) is 59.7 Å². The lowest BCUT2D eigenvalue weighted by molar-refractivity contribution is -0.126. The third kappa shape index (κ3) is 4.27. The molecule has 3 heterocycles. The standard InChI is InChI=1S/C21H23N5O3S/c27-21(23-15-17-7-4-11-22-20(17)26-14-6-12-24-26)18-8-5-13-25(16-18)30(28,29)19-9-2-1-3-10-19/h1-4,6-7,9-12,14,18H,5,8,13,15-16H2,(H,23,27)/t18-/m1/s1. The molecule has 1 saturated heterocycles. The molecule has 2 aromatic heterocycles. The van der Waals surface area contributed by atoms with Crippen LogP contribution in [0.1, 0.15) is 18.4 Å². The molecule has 0 unspecified atom stereocenters. The van der Waals surface area contributed by atoms with Gasteiger partial charge in [-0.05, 0) is 37.1 Å². The second-order valence-electron chi connectivity index (χ2n) is 7.17. The number of rotatable bonds is 6. The number of amides is 1. The van der Waals surface area contributed by atoms with E-state index in [9.17, 15) is 13.2 Å². The van der Waals surface area contributed by atoms with Gasteiger partial charge in [-0.15, -0.1) is 0 Å². The maximum absolute atomic E-state index is 12.9. The summed E-state index contributed by atoms with van der Waals surface area (Å²) < 4.78 is 28.8. The van der Waals surface area contributed by atoms with Crippen molar-refractivity contribution in [2.75, 3.05) is 13.1 Å². The Morgan fingerprint density at radius 3 is 2.70 bits per heavy atom. The van der Waals surface area contributed by atoms with E-state index in [0.717, 1.165) is 5.56 Å². The largest absolute Gasteiger partial charge is 0.352 e. The van der Waals surface area contributed by atoms with E-state index < -0.39 is 10.0 Å². The normalized spacial score (nSPS) is 17.5. The first-order valence-corrected chi connectivity index (χ1v) is 11.3. The maximum Gasteiger partial charge on any atom is 0.243 e. The first-order chi connectivity index (χ1) is 14.6. The monoisotopic (exact) mass is 425 g/mol. The molecule has 9 heteroatoms. The Kier molecular flexibility index (Phi) is 5.91. The van der Waals surface area contributed by atoms with Gasteiger partial charge in [-0.3, -0.25) is 4.79 Å². The van der Waals surface area contributed by atoms with Crippen LogP contribution in [0, 0.1) is 5.92 Å². The van der Waals surface area contributed by atoms with Crippen LogP contribution in [0.4, 0.5) is 0 Å². The number of benzene rings is 1. The zero-order chi connectivity index (χ0) is 21.0. The summed E-state index contributed by atoms with van der Waals surface area (Å²) in [6.45, 7) is 0.902. The van der Waals surface area contributed by atoms with Gasteiger partial charge in [-0.1, -0.05) is 24.3 Å². The minimum Gasteiger partial charge on any atom is -0.352 e. The number of sulfonamides is 1. The highest BCUT2D eigenvalue weighted by Gasteiger charge is 2.33. The van der Waals surface area contributed by atoms with Crippen molar-refractivity contribution < 1.29 is 13.2 Å². The van der Waals surface area contributed by atoms with Crippen LogP contribution < -0.4 is 5.32 Å². The predicted molar refractivity (Wildman–Crippen MR) is 111 cm³/mol. The van der Waals surface area contributed by atoms with Gasteiger partial charge in [-0.2, -0.15) is 9.40 Å². The Hall–Kier alpha value is -3.04. The highest BCUT2D eigenvalue weighted by atomic mass is 32.2. The molecule has 4 rings (SSSR count). The summed E-state index contributed by atoms with van der Waals surface area (Å²) in [4.78, 5) is 17.4. The molecule has 1 atom stereocenters. The third-order valence-corrected chi connectivity index (χ3v) is 7.06. The molecule has 3 aromatic rings. The first-order valence-electron chi connectivity index (χ1n) is 9.82. The molecule has 156 valence electrons. The number of nitrogens with one attached hydrogen (secondary N) is 1. The average Bonchev–Trinajstić information content (AvgIpc) is 3.33. The van der Waals surface area contributed by atoms with Crippen LogP contribution in [0.5, 0.6) is 0 Å². The molecule has 1 N–H and O–H groups in total. The van der Waals surface area contributed by atoms with Crippen LogP contribution in [-0.2, 0) is 21.4 Å². The van der Waals surface area contributed by atoms with E-state index in [2.05, 4.69) is 15.4 Å². The van der Waals surface area contributed by atoms with E-state index in [4.69, 9.17) is 0 Å². The molecule has 30 heavy (non-hydrogen) atoms. The van der Waals surface area contributed by atoms with E-state index in [1.807, 2.05) is 12.1 Å². The lowest BCUT2D eigenvalue weighted by Crippen LogP contribution is -2.45. The molecule has 1 amide bonds. The number of nitrogens with zero attached hydrogens (tertiary/aromatic N) is 4. The Balaban J connectivity index is 1.43. The number of hydrogen-bond donors (Lipinski definition) is 1. The van der Waals surface area contributed by atoms with Gasteiger partial charge in [0, 0.05) is 43.8 Å². The zero-order valence-corrected chi connectivity index (χ0v) is 17.2. The molecular formula is C21H23N5O3S. The summed E-state index contributed by atoms with van der Waals surface area (Å²) in [6, 6.07) is 13.8. The average molecular weight is 426 g/mol. The van der Waals surface area contributed by atoms with Crippen molar-refractivity contribution in [1.82, 2.24) is 24.4 Å². The first kappa shape index (κ1) is 20.2. The second-order valence-corrected chi connectivity index (χ2v) is 9.11. The fraction of sp³-hybridized carbons (Fsp3) is 0.286. The highest BCUT2D eigenvalue weighted by molar-refractivity contribution is 7.89. The Morgan fingerprint density at radius 1 is 1.10 bits per heavy atom. The summed E-state index contributed by atoms with van der Waals surface area (Å²) in [6.07, 6.45) is 6.44. The summed E-state index contributed by atoms with van der Waals surface area (Å²) in [5.74, 6) is 0.111. The van der Waals surface area contributed by atoms with Crippen molar-refractivity contribution in [3.05, 3.63) is 72.7 Å². The van der Waals surface area contributed by atoms with Gasteiger partial charge in [0.2, 0.25) is 15.9 Å². The summed E-state index contributed by atoms with van der Waals surface area (Å²) >= 11 is 0. The van der Waals surface area contributed by atoms with Gasteiger partial charge >= 0.3 is 0 Å². The number of hydrogen-bond acceptors (Lipinski definition) is 5. The van der Waals surface area contributed by atoms with Gasteiger partial charge in [0.15, 0.2) is 5.82 Å². The molecule has 0 saturated carbocycles. The molecular weight excluding hydrogens is 402 g/mol. The Morgan fingerprint density at radius 2 is 1.93 bits per heavy atom. The van der Waals surface area contributed by atoms with Crippen LogP contribution in [0.3, 0.4) is 0 Å². The minimum absolute atomic E-state index is 0.154. The van der Waals surface area contributed by atoms with Crippen LogP contribution >= 0.6 is 0 Å². The van der Waals surface area contributed by atoms with Gasteiger partial charge in [0.25, 0.3) is 0 Å². The predicted octanol–water partition coefficient (Wildman–Crippen LogP) is 1.98. The smallest absolute Gasteiger partial charge is 0.243 e. The zero-order valence-electron chi connectivity index (χ0n) is 16.4. The Bertz CT molecular complexity index is 1100. The number of piperidine rings is 1. The molecule has 1 aliphatic heterocycles. The van der Waals surface area contributed by atoms with Crippen molar-refractivity contribution in [3.63, 3.8) is 0 Å². The van der Waals surface area contributed by atoms with Gasteiger partial charge in [-0.25, -0.2) is 18.1 Å². The lowest BCUT2D eigenvalue weighted by Gasteiger charge is -2.31. The lowest BCUT2D eigenvalue weighted by atomic mass is 9.99. The van der Waals surface area contributed by atoms with Gasteiger partial charge < -0.3 is 5.32 Å². The van der Waals surface area contributed by atoms with E-state index >= 15 is 0 Å². The van der Waals surface area contributed by atoms with Crippen molar-refractivity contribution in [1.29, 1.82) is 0 Å². The third-order valence-electron chi connectivity index (χ3n) is 5.18. The maximum atomic E-state index is 12.9. The van der Waals surface area contributed by atoms with Gasteiger partial charge in [0.05, 0.1) is 10.8 Å². The molecule has 1 fully saturated rings. The van der Waals surface area contributed by atoms with Crippen molar-refractivity contribution >= 4 is 15.9 Å². The van der Waals surface area contributed by atoms with Crippen molar-refractivity contribution in [2.45, 2.75) is 24.3 Å². The van der Waals surface area contributed by atoms with Crippen LogP contribution in [0.25, 0.3) is 5.82 Å². The highest BCUT2D eigenvalue weighted by Crippen LogP contribution is 2.24. The van der Waals surface area contributed by atoms with Gasteiger partial charge in [0.1, 0.15) is 0 Å². The van der Waals surface area contributed by atoms with E-state index in [1.165, 1.54) is 4.31 Å². The molecule has 1 aromatic carbocycles. The van der Waals surface area contributed by atoms with Crippen LogP contribution in [0.2, 0.25) is 0 Å². The topological polar surface area (TPSA) is 97.2 Å². The second kappa shape index (κ2) is 8.76. The quantitative estimate of drug-likeness (QED) is 0.651. The molecule has 0 aliphatic carbocycles. The van der Waals surface area contributed by atoms with Crippen molar-refractivity contribution in [3.8, 4) is 5.82 Å². The molecule has 1 aliphatic rings. The fourth-order valence-electron chi connectivity index (χ4n) is 3.61. The van der Waals surface area contributed by atoms with Crippen molar-refractivity contribution in [2.24, 2.45) is 5.92 Å². The molecule has 8 nitrogen and oxygen atoms in total. The number of carbonyl (C=O) groups is 1. The molecule has 0 spiro atoms. The van der Waals surface area contributed by atoms with E-state index in [0.29, 0.717) is 31.7 Å². The fourth-order valence-corrected chi connectivity index (χ4v) is 5.16. The number of carbonyl (C=O) groups excluding carboxylic acids is 1. The van der Waals surface area contributed by atoms with Crippen LogP contribution in [-0.4, -0.2) is 46.5 Å². The number of pyridine rings is 1. The molecule has 0 bridgehead atoms. The molecule has 0 radical (unpaired) electrons. The SMILES string of the molecule is O=C(NCc1cccnc1-n1cccn1)[C@@H]1CCCN(S(=O)(=O)c2ccccc2)C1. The summed E-state index contributed by atoms with van der Waals surface area (Å²) in [7, 11) is -3.60. The minimum atomic E-state index is -3.60. The number of aromatic nitrogens is 3. The summed E-state index contributed by atoms with van der Waals surface area (Å²) in [5.41, 5.74) is 0.833. The van der Waals surface area contributed by atoms with E-state index in [-0.39, 0.29) is 23.3 Å². The van der Waals surface area contributed by atoms with Crippen LogP contribution in [0.15, 0.2) is 72.0 Å². The summed E-state index contributed by atoms with van der Waals surface area (Å²) in [5, 5.41) is 7.14. The Labute approximate surface area is 175 Å².